The Morgan fingerprint density at radius 1 is 1.43 bits per heavy atom. The van der Waals surface area contributed by atoms with E-state index in [0.29, 0.717) is 0 Å². The van der Waals surface area contributed by atoms with Gasteiger partial charge in [-0.15, -0.1) is 11.3 Å². The molecule has 0 radical (unpaired) electrons. The molecule has 2 aromatic rings. The Kier molecular flexibility index (Phi) is 3.04. The molecule has 0 spiro atoms. The van der Waals surface area contributed by atoms with E-state index in [1.54, 1.807) is 11.3 Å². The second kappa shape index (κ2) is 4.13. The maximum Gasteiger partial charge on any atom is 0.151 e. The Hall–Kier alpha value is -0.190. The van der Waals surface area contributed by atoms with Crippen LogP contribution < -0.4 is 0 Å². The smallest absolute Gasteiger partial charge is 0.151 e. The first kappa shape index (κ1) is 10.3. The topological polar surface area (TPSA) is 17.1 Å². The third kappa shape index (κ3) is 1.66. The zero-order chi connectivity index (χ0) is 10.1. The minimum Gasteiger partial charge on any atom is -0.298 e. The van der Waals surface area contributed by atoms with Gasteiger partial charge in [-0.3, -0.25) is 4.79 Å². The van der Waals surface area contributed by atoms with Crippen molar-refractivity contribution in [1.29, 1.82) is 0 Å². The van der Waals surface area contributed by atoms with Crippen molar-refractivity contribution in [2.45, 2.75) is 5.33 Å². The number of hydrogen-bond donors (Lipinski definition) is 0. The Morgan fingerprint density at radius 3 is 2.86 bits per heavy atom. The van der Waals surface area contributed by atoms with Gasteiger partial charge < -0.3 is 0 Å². The summed E-state index contributed by atoms with van der Waals surface area (Å²) in [6, 6.07) is 4.06. The molecule has 72 valence electrons. The number of carbonyl (C=O) groups is 1. The third-order valence-electron chi connectivity index (χ3n) is 2.02. The molecule has 1 heterocycles. The van der Waals surface area contributed by atoms with E-state index < -0.39 is 0 Å². The molecule has 0 aliphatic carbocycles. The lowest BCUT2D eigenvalue weighted by Crippen LogP contribution is -1.80. The molecule has 1 nitrogen and oxygen atoms in total. The highest BCUT2D eigenvalue weighted by atomic mass is 79.9. The minimum atomic E-state index is 0.772. The molecular formula is C10H6Br2OS. The fraction of sp³-hybridized carbons (Fsp3) is 0.100. The number of fused-ring (bicyclic) bond motifs is 1. The van der Waals surface area contributed by atoms with Gasteiger partial charge in [0.15, 0.2) is 6.29 Å². The molecule has 4 heteroatoms. The summed E-state index contributed by atoms with van der Waals surface area (Å²) in [6.45, 7) is 0. The molecule has 0 aliphatic heterocycles. The van der Waals surface area contributed by atoms with Crippen molar-refractivity contribution in [3.63, 3.8) is 0 Å². The lowest BCUT2D eigenvalue weighted by Gasteiger charge is -2.00. The average molecular weight is 334 g/mol. The number of benzene rings is 1. The molecule has 0 saturated carbocycles. The van der Waals surface area contributed by atoms with Gasteiger partial charge in [0.1, 0.15) is 0 Å². The molecule has 0 N–H and O–H groups in total. The van der Waals surface area contributed by atoms with Crippen LogP contribution in [-0.2, 0) is 5.33 Å². The first-order valence-corrected chi connectivity index (χ1v) is 6.76. The highest BCUT2D eigenvalue weighted by Gasteiger charge is 2.08. The van der Waals surface area contributed by atoms with E-state index in [2.05, 4.69) is 37.9 Å². The lowest BCUT2D eigenvalue weighted by molar-refractivity contribution is 0.112. The van der Waals surface area contributed by atoms with Crippen molar-refractivity contribution < 1.29 is 4.79 Å². The lowest BCUT2D eigenvalue weighted by atomic mass is 10.1. The van der Waals surface area contributed by atoms with Gasteiger partial charge in [-0.1, -0.05) is 31.9 Å². The van der Waals surface area contributed by atoms with Crippen molar-refractivity contribution in [3.05, 3.63) is 33.1 Å². The van der Waals surface area contributed by atoms with E-state index in [4.69, 9.17) is 0 Å². The van der Waals surface area contributed by atoms with E-state index in [1.165, 1.54) is 10.3 Å². The van der Waals surface area contributed by atoms with Crippen LogP contribution in [0.1, 0.15) is 15.9 Å². The Balaban J connectivity index is 2.83. The second-order valence-corrected chi connectivity index (χ2v) is 5.24. The molecule has 0 amide bonds. The van der Waals surface area contributed by atoms with Crippen molar-refractivity contribution >= 4 is 59.6 Å². The van der Waals surface area contributed by atoms with Crippen molar-refractivity contribution in [2.75, 3.05) is 0 Å². The number of carbonyl (C=O) groups excluding carboxylic acids is 1. The molecular weight excluding hydrogens is 328 g/mol. The summed E-state index contributed by atoms with van der Waals surface area (Å²) in [4.78, 5) is 10.8. The van der Waals surface area contributed by atoms with Gasteiger partial charge in [-0.25, -0.2) is 0 Å². The molecule has 0 saturated heterocycles. The number of thiophene rings is 1. The van der Waals surface area contributed by atoms with Crippen LogP contribution >= 0.6 is 43.2 Å². The van der Waals surface area contributed by atoms with Crippen LogP contribution in [-0.4, -0.2) is 6.29 Å². The Morgan fingerprint density at radius 2 is 2.21 bits per heavy atom. The number of aldehydes is 1. The summed E-state index contributed by atoms with van der Waals surface area (Å²) in [5.41, 5.74) is 1.99. The normalized spacial score (nSPS) is 10.7. The third-order valence-corrected chi connectivity index (χ3v) is 4.17. The average Bonchev–Trinajstić information content (AvgIpc) is 2.59. The van der Waals surface area contributed by atoms with E-state index in [1.807, 2.05) is 11.4 Å². The number of alkyl halides is 1. The zero-order valence-corrected chi connectivity index (χ0v) is 11.1. The summed E-state index contributed by atoms with van der Waals surface area (Å²) in [5.74, 6) is 0. The van der Waals surface area contributed by atoms with Crippen molar-refractivity contribution in [1.82, 2.24) is 0 Å². The van der Waals surface area contributed by atoms with Crippen LogP contribution in [0.15, 0.2) is 22.0 Å². The maximum absolute atomic E-state index is 10.8. The largest absolute Gasteiger partial charge is 0.298 e. The van der Waals surface area contributed by atoms with Crippen LogP contribution in [0.4, 0.5) is 0 Å². The van der Waals surface area contributed by atoms with Crippen LogP contribution in [0.2, 0.25) is 0 Å². The fourth-order valence-corrected chi connectivity index (χ4v) is 3.53. The molecule has 1 aromatic heterocycles. The van der Waals surface area contributed by atoms with Crippen LogP contribution in [0.25, 0.3) is 10.1 Å². The molecule has 14 heavy (non-hydrogen) atoms. The number of halogens is 2. The highest BCUT2D eigenvalue weighted by Crippen LogP contribution is 2.32. The summed E-state index contributed by atoms with van der Waals surface area (Å²) in [7, 11) is 0. The summed E-state index contributed by atoms with van der Waals surface area (Å²) >= 11 is 8.50. The molecule has 0 aliphatic rings. The summed E-state index contributed by atoms with van der Waals surface area (Å²) < 4.78 is 2.20. The molecule has 0 fully saturated rings. The van der Waals surface area contributed by atoms with Gasteiger partial charge in [-0.05, 0) is 17.7 Å². The monoisotopic (exact) mass is 332 g/mol. The van der Waals surface area contributed by atoms with Gasteiger partial charge in [0, 0.05) is 30.8 Å². The summed E-state index contributed by atoms with van der Waals surface area (Å²) in [5, 5.41) is 3.74. The summed E-state index contributed by atoms with van der Waals surface area (Å²) in [6.07, 6.45) is 0.906. The van der Waals surface area contributed by atoms with Gasteiger partial charge >= 0.3 is 0 Å². The van der Waals surface area contributed by atoms with Crippen LogP contribution in [0.5, 0.6) is 0 Å². The zero-order valence-electron chi connectivity index (χ0n) is 7.09. The first-order chi connectivity index (χ1) is 6.76. The van der Waals surface area contributed by atoms with E-state index in [9.17, 15) is 4.79 Å². The molecule has 0 bridgehead atoms. The molecule has 2 rings (SSSR count). The number of rotatable bonds is 2. The van der Waals surface area contributed by atoms with E-state index >= 15 is 0 Å². The standard InChI is InChI=1S/C10H6Br2OS/c11-3-6-1-8(12)2-9-7(4-13)5-14-10(6)9/h1-2,4-5H,3H2. The van der Waals surface area contributed by atoms with Gasteiger partial charge in [0.05, 0.1) is 0 Å². The predicted molar refractivity (Wildman–Crippen MR) is 67.5 cm³/mol. The van der Waals surface area contributed by atoms with E-state index in [-0.39, 0.29) is 0 Å². The second-order valence-electron chi connectivity index (χ2n) is 2.88. The first-order valence-electron chi connectivity index (χ1n) is 3.97. The van der Waals surface area contributed by atoms with Crippen molar-refractivity contribution in [3.8, 4) is 0 Å². The van der Waals surface area contributed by atoms with Gasteiger partial charge in [-0.2, -0.15) is 0 Å². The quantitative estimate of drug-likeness (QED) is 0.589. The predicted octanol–water partition coefficient (Wildman–Crippen LogP) is 4.37. The minimum absolute atomic E-state index is 0.772. The van der Waals surface area contributed by atoms with Crippen LogP contribution in [0.3, 0.4) is 0 Å². The molecule has 1 aromatic carbocycles. The SMILES string of the molecule is O=Cc1csc2c(CBr)cc(Br)cc12. The molecule has 0 atom stereocenters. The van der Waals surface area contributed by atoms with E-state index in [0.717, 1.165) is 27.0 Å². The Bertz CT molecular complexity index is 490. The fourth-order valence-electron chi connectivity index (χ4n) is 1.38. The van der Waals surface area contributed by atoms with Gasteiger partial charge in [0.2, 0.25) is 0 Å². The van der Waals surface area contributed by atoms with Crippen molar-refractivity contribution in [2.24, 2.45) is 0 Å². The molecule has 0 unspecified atom stereocenters. The Labute approximate surface area is 102 Å². The highest BCUT2D eigenvalue weighted by molar-refractivity contribution is 9.10. The van der Waals surface area contributed by atoms with Crippen LogP contribution in [0, 0.1) is 0 Å². The maximum atomic E-state index is 10.8. The number of hydrogen-bond acceptors (Lipinski definition) is 2. The van der Waals surface area contributed by atoms with Gasteiger partial charge in [0.25, 0.3) is 0 Å².